The third kappa shape index (κ3) is 2.21. The first kappa shape index (κ1) is 10.1. The lowest BCUT2D eigenvalue weighted by molar-refractivity contribution is 0.513. The van der Waals surface area contributed by atoms with Crippen molar-refractivity contribution in [3.05, 3.63) is 23.0 Å². The SMILES string of the molecule is Nc1c(NCCF)ccc(F)c1Cl. The highest BCUT2D eigenvalue weighted by Crippen LogP contribution is 2.29. The fourth-order valence-electron chi connectivity index (χ4n) is 0.902. The van der Waals surface area contributed by atoms with Crippen LogP contribution in [0.5, 0.6) is 0 Å². The van der Waals surface area contributed by atoms with Gasteiger partial charge in [0, 0.05) is 6.54 Å². The van der Waals surface area contributed by atoms with Crippen molar-refractivity contribution < 1.29 is 8.78 Å². The predicted molar refractivity (Wildman–Crippen MR) is 50.3 cm³/mol. The molecule has 3 N–H and O–H groups in total. The molecule has 0 aromatic heterocycles. The van der Waals surface area contributed by atoms with Gasteiger partial charge in [0.25, 0.3) is 0 Å². The van der Waals surface area contributed by atoms with E-state index in [1.807, 2.05) is 0 Å². The van der Waals surface area contributed by atoms with Gasteiger partial charge in [-0.15, -0.1) is 0 Å². The van der Waals surface area contributed by atoms with E-state index in [2.05, 4.69) is 5.32 Å². The van der Waals surface area contributed by atoms with E-state index in [0.717, 1.165) is 0 Å². The Morgan fingerprint density at radius 3 is 2.77 bits per heavy atom. The number of benzene rings is 1. The molecule has 72 valence electrons. The molecule has 1 rings (SSSR count). The van der Waals surface area contributed by atoms with Gasteiger partial charge in [0.15, 0.2) is 0 Å². The molecule has 0 bridgehead atoms. The summed E-state index contributed by atoms with van der Waals surface area (Å²) in [7, 11) is 0. The second kappa shape index (κ2) is 4.28. The number of halogens is 3. The summed E-state index contributed by atoms with van der Waals surface area (Å²) in [4.78, 5) is 0. The van der Waals surface area contributed by atoms with Gasteiger partial charge in [-0.2, -0.15) is 0 Å². The molecule has 0 amide bonds. The van der Waals surface area contributed by atoms with Crippen molar-refractivity contribution in [2.45, 2.75) is 0 Å². The van der Waals surface area contributed by atoms with Gasteiger partial charge in [0.05, 0.1) is 11.4 Å². The van der Waals surface area contributed by atoms with E-state index in [0.29, 0.717) is 5.69 Å². The number of nitrogens with two attached hydrogens (primary N) is 1. The molecule has 0 saturated heterocycles. The van der Waals surface area contributed by atoms with Crippen LogP contribution in [0.2, 0.25) is 5.02 Å². The van der Waals surface area contributed by atoms with E-state index in [1.165, 1.54) is 12.1 Å². The van der Waals surface area contributed by atoms with Crippen molar-refractivity contribution in [1.29, 1.82) is 0 Å². The molecule has 5 heteroatoms. The number of hydrogen-bond acceptors (Lipinski definition) is 2. The fraction of sp³-hybridized carbons (Fsp3) is 0.250. The van der Waals surface area contributed by atoms with E-state index in [9.17, 15) is 8.78 Å². The second-order valence-corrected chi connectivity index (χ2v) is 2.82. The minimum Gasteiger partial charge on any atom is -0.396 e. The highest BCUT2D eigenvalue weighted by molar-refractivity contribution is 6.33. The standard InChI is InChI=1S/C8H9ClF2N2/c9-7-5(11)1-2-6(8(7)12)13-4-3-10/h1-2,13H,3-4,12H2. The van der Waals surface area contributed by atoms with Crippen LogP contribution in [0.4, 0.5) is 20.2 Å². The van der Waals surface area contributed by atoms with Crippen LogP contribution in [0.1, 0.15) is 0 Å². The van der Waals surface area contributed by atoms with Crippen molar-refractivity contribution in [2.24, 2.45) is 0 Å². The highest BCUT2D eigenvalue weighted by Gasteiger charge is 2.07. The van der Waals surface area contributed by atoms with Crippen molar-refractivity contribution in [2.75, 3.05) is 24.3 Å². The van der Waals surface area contributed by atoms with Gasteiger partial charge in [0.2, 0.25) is 0 Å². The molecule has 0 heterocycles. The number of alkyl halides is 1. The Morgan fingerprint density at radius 2 is 2.15 bits per heavy atom. The summed E-state index contributed by atoms with van der Waals surface area (Å²) in [6, 6.07) is 2.60. The zero-order valence-electron chi connectivity index (χ0n) is 6.78. The summed E-state index contributed by atoms with van der Waals surface area (Å²) in [5, 5.41) is 2.54. The molecule has 0 radical (unpaired) electrons. The second-order valence-electron chi connectivity index (χ2n) is 2.44. The Labute approximate surface area is 79.7 Å². The molecule has 1 aromatic rings. The van der Waals surface area contributed by atoms with Gasteiger partial charge in [-0.05, 0) is 12.1 Å². The van der Waals surface area contributed by atoms with E-state index < -0.39 is 12.5 Å². The van der Waals surface area contributed by atoms with E-state index in [1.54, 1.807) is 0 Å². The molecule has 1 aromatic carbocycles. The van der Waals surface area contributed by atoms with Gasteiger partial charge in [-0.1, -0.05) is 11.6 Å². The minimum atomic E-state index is -0.579. The molecule has 2 nitrogen and oxygen atoms in total. The highest BCUT2D eigenvalue weighted by atomic mass is 35.5. The quantitative estimate of drug-likeness (QED) is 0.746. The normalized spacial score (nSPS) is 10.1. The maximum Gasteiger partial charge on any atom is 0.144 e. The topological polar surface area (TPSA) is 38.0 Å². The van der Waals surface area contributed by atoms with Crippen molar-refractivity contribution in [3.63, 3.8) is 0 Å². The average Bonchev–Trinajstić information content (AvgIpc) is 2.13. The molecule has 0 saturated carbocycles. The summed E-state index contributed by atoms with van der Waals surface area (Å²) >= 11 is 5.53. The van der Waals surface area contributed by atoms with Crippen LogP contribution in [-0.4, -0.2) is 13.2 Å². The lowest BCUT2D eigenvalue weighted by Crippen LogP contribution is -2.06. The van der Waals surface area contributed by atoms with Crippen LogP contribution in [0.3, 0.4) is 0 Å². The molecule has 0 fully saturated rings. The first-order valence-electron chi connectivity index (χ1n) is 3.70. The third-order valence-electron chi connectivity index (χ3n) is 1.54. The Morgan fingerprint density at radius 1 is 1.46 bits per heavy atom. The number of hydrogen-bond donors (Lipinski definition) is 2. The summed E-state index contributed by atoms with van der Waals surface area (Å²) in [5.74, 6) is -0.579. The summed E-state index contributed by atoms with van der Waals surface area (Å²) in [6.45, 7) is -0.388. The lowest BCUT2D eigenvalue weighted by Gasteiger charge is -2.08. The van der Waals surface area contributed by atoms with Gasteiger partial charge >= 0.3 is 0 Å². The average molecular weight is 207 g/mol. The van der Waals surface area contributed by atoms with Crippen LogP contribution in [0.25, 0.3) is 0 Å². The van der Waals surface area contributed by atoms with E-state index in [-0.39, 0.29) is 17.3 Å². The lowest BCUT2D eigenvalue weighted by atomic mass is 10.2. The summed E-state index contributed by atoms with van der Waals surface area (Å²) in [6.07, 6.45) is 0. The molecule has 0 atom stereocenters. The third-order valence-corrected chi connectivity index (χ3v) is 1.93. The predicted octanol–water partition coefficient (Wildman–Crippen LogP) is 2.44. The Hall–Kier alpha value is -1.03. The van der Waals surface area contributed by atoms with Crippen molar-refractivity contribution in [1.82, 2.24) is 0 Å². The number of nitrogens with one attached hydrogen (secondary N) is 1. The molecule has 0 aliphatic heterocycles. The number of rotatable bonds is 3. The zero-order chi connectivity index (χ0) is 9.84. The van der Waals surface area contributed by atoms with E-state index in [4.69, 9.17) is 17.3 Å². The molecule has 0 aliphatic rings. The van der Waals surface area contributed by atoms with Crippen LogP contribution in [0.15, 0.2) is 12.1 Å². The van der Waals surface area contributed by atoms with Crippen LogP contribution in [0, 0.1) is 5.82 Å². The summed E-state index contributed by atoms with van der Waals surface area (Å²) in [5.41, 5.74) is 6.02. The van der Waals surface area contributed by atoms with Crippen molar-refractivity contribution in [3.8, 4) is 0 Å². The van der Waals surface area contributed by atoms with Gasteiger partial charge in [-0.25, -0.2) is 8.78 Å². The monoisotopic (exact) mass is 206 g/mol. The number of anilines is 2. The van der Waals surface area contributed by atoms with E-state index >= 15 is 0 Å². The number of nitrogen functional groups attached to an aromatic ring is 1. The van der Waals surface area contributed by atoms with Crippen LogP contribution >= 0.6 is 11.6 Å². The Bertz CT molecular complexity index is 304. The fourth-order valence-corrected chi connectivity index (χ4v) is 1.07. The van der Waals surface area contributed by atoms with Crippen LogP contribution < -0.4 is 11.1 Å². The van der Waals surface area contributed by atoms with Crippen molar-refractivity contribution >= 4 is 23.0 Å². The molecule has 0 aliphatic carbocycles. The maximum absolute atomic E-state index is 12.8. The summed E-state index contributed by atoms with van der Waals surface area (Å²) < 4.78 is 24.5. The first-order chi connectivity index (χ1) is 6.16. The zero-order valence-corrected chi connectivity index (χ0v) is 7.54. The molecular weight excluding hydrogens is 198 g/mol. The van der Waals surface area contributed by atoms with Crippen LogP contribution in [-0.2, 0) is 0 Å². The van der Waals surface area contributed by atoms with Gasteiger partial charge in [0.1, 0.15) is 17.5 Å². The smallest absolute Gasteiger partial charge is 0.144 e. The Balaban J connectivity index is 2.90. The Kier molecular flexibility index (Phi) is 3.31. The van der Waals surface area contributed by atoms with Gasteiger partial charge in [-0.3, -0.25) is 0 Å². The molecule has 0 spiro atoms. The maximum atomic E-state index is 12.8. The largest absolute Gasteiger partial charge is 0.396 e. The minimum absolute atomic E-state index is 0.107. The first-order valence-corrected chi connectivity index (χ1v) is 4.08. The molecular formula is C8H9ClF2N2. The molecule has 13 heavy (non-hydrogen) atoms. The molecule has 0 unspecified atom stereocenters. The van der Waals surface area contributed by atoms with Gasteiger partial charge < -0.3 is 11.1 Å².